The molecule has 1 atom stereocenters. The number of ether oxygens (including phenoxy) is 1. The van der Waals surface area contributed by atoms with Gasteiger partial charge >= 0.3 is 0 Å². The van der Waals surface area contributed by atoms with Gasteiger partial charge in [-0.3, -0.25) is 13.9 Å². The first-order chi connectivity index (χ1) is 16.3. The smallest absolute Gasteiger partial charge is 0.244 e. The number of nitrogens with zero attached hydrogens (tertiary/aromatic N) is 2. The third kappa shape index (κ3) is 8.59. The van der Waals surface area contributed by atoms with E-state index >= 15 is 0 Å². The van der Waals surface area contributed by atoms with E-state index in [2.05, 4.69) is 5.32 Å². The highest BCUT2D eigenvalue weighted by atomic mass is 35.5. The van der Waals surface area contributed by atoms with Crippen molar-refractivity contribution in [2.45, 2.75) is 33.4 Å². The number of sulfonamides is 1. The molecular weight excluding hydrogens is 513 g/mol. The molecule has 11 heteroatoms. The van der Waals surface area contributed by atoms with Gasteiger partial charge in [-0.2, -0.15) is 0 Å². The molecule has 0 saturated carbocycles. The van der Waals surface area contributed by atoms with Crippen LogP contribution in [0.3, 0.4) is 0 Å². The van der Waals surface area contributed by atoms with Crippen molar-refractivity contribution in [1.29, 1.82) is 0 Å². The largest absolute Gasteiger partial charge is 0.497 e. The summed E-state index contributed by atoms with van der Waals surface area (Å²) in [7, 11) is -2.33. The fourth-order valence-electron chi connectivity index (χ4n) is 3.26. The summed E-state index contributed by atoms with van der Waals surface area (Å²) < 4.78 is 31.3. The number of rotatable bonds is 11. The number of amides is 2. The Balaban J connectivity index is 2.39. The van der Waals surface area contributed by atoms with Crippen LogP contribution in [-0.2, 0) is 26.2 Å². The van der Waals surface area contributed by atoms with Gasteiger partial charge in [0.15, 0.2) is 0 Å². The highest BCUT2D eigenvalue weighted by molar-refractivity contribution is 7.92. The van der Waals surface area contributed by atoms with Crippen molar-refractivity contribution in [3.05, 3.63) is 58.1 Å². The number of hydrogen-bond acceptors (Lipinski definition) is 5. The zero-order chi connectivity index (χ0) is 26.3. The molecule has 0 aromatic heterocycles. The number of methoxy groups -OCH3 is 1. The van der Waals surface area contributed by atoms with Gasteiger partial charge in [0.05, 0.1) is 19.1 Å². The van der Waals surface area contributed by atoms with Crippen molar-refractivity contribution in [3.63, 3.8) is 0 Å². The van der Waals surface area contributed by atoms with Crippen molar-refractivity contribution < 1.29 is 22.7 Å². The molecule has 2 amide bonds. The second-order valence-corrected chi connectivity index (χ2v) is 11.4. The summed E-state index contributed by atoms with van der Waals surface area (Å²) in [5.41, 5.74) is 0.902. The van der Waals surface area contributed by atoms with E-state index < -0.39 is 28.5 Å². The Hall–Kier alpha value is -2.49. The first kappa shape index (κ1) is 28.7. The van der Waals surface area contributed by atoms with Gasteiger partial charge in [-0.05, 0) is 48.7 Å². The molecule has 1 N–H and O–H groups in total. The maximum atomic E-state index is 13.5. The molecule has 0 aliphatic carbocycles. The van der Waals surface area contributed by atoms with Crippen molar-refractivity contribution >= 4 is 50.7 Å². The van der Waals surface area contributed by atoms with E-state index in [9.17, 15) is 18.0 Å². The summed E-state index contributed by atoms with van der Waals surface area (Å²) in [4.78, 5) is 27.7. The van der Waals surface area contributed by atoms with Gasteiger partial charge in [0.1, 0.15) is 18.3 Å². The minimum Gasteiger partial charge on any atom is -0.497 e. The molecule has 0 heterocycles. The first-order valence-corrected chi connectivity index (χ1v) is 13.6. The molecular formula is C24H31Cl2N3O5S. The normalized spacial score (nSPS) is 12.2. The van der Waals surface area contributed by atoms with Gasteiger partial charge < -0.3 is 15.0 Å². The average Bonchev–Trinajstić information content (AvgIpc) is 2.77. The van der Waals surface area contributed by atoms with Crippen LogP contribution in [0.15, 0.2) is 42.5 Å². The SMILES string of the molecule is COc1ccc(CN(C(=O)CN(c2cc(Cl)cc(Cl)c2)S(C)(=O)=O)[C@H](C)C(=O)NCC(C)C)cc1. The third-order valence-electron chi connectivity index (χ3n) is 5.18. The van der Waals surface area contributed by atoms with Crippen LogP contribution in [0.1, 0.15) is 26.3 Å². The summed E-state index contributed by atoms with van der Waals surface area (Å²) in [5, 5.41) is 3.29. The predicted octanol–water partition coefficient (Wildman–Crippen LogP) is 3.96. The number of hydrogen-bond donors (Lipinski definition) is 1. The number of carbonyl (C=O) groups excluding carboxylic acids is 2. The van der Waals surface area contributed by atoms with Crippen LogP contribution in [0.5, 0.6) is 5.75 Å². The van der Waals surface area contributed by atoms with Gasteiger partial charge in [0.2, 0.25) is 21.8 Å². The minimum absolute atomic E-state index is 0.0903. The Morgan fingerprint density at radius 3 is 2.09 bits per heavy atom. The lowest BCUT2D eigenvalue weighted by Crippen LogP contribution is -2.51. The van der Waals surface area contributed by atoms with Crippen LogP contribution >= 0.6 is 23.2 Å². The van der Waals surface area contributed by atoms with Crippen LogP contribution in [0.4, 0.5) is 5.69 Å². The highest BCUT2D eigenvalue weighted by Crippen LogP contribution is 2.27. The Morgan fingerprint density at radius 1 is 1.03 bits per heavy atom. The lowest BCUT2D eigenvalue weighted by atomic mass is 10.1. The first-order valence-electron chi connectivity index (χ1n) is 11.0. The summed E-state index contributed by atoms with van der Waals surface area (Å²) in [5.74, 6) is -0.0209. The van der Waals surface area contributed by atoms with Crippen LogP contribution in [0.2, 0.25) is 10.0 Å². The third-order valence-corrected chi connectivity index (χ3v) is 6.76. The molecule has 2 rings (SSSR count). The number of nitrogens with one attached hydrogen (secondary N) is 1. The van der Waals surface area contributed by atoms with E-state index in [-0.39, 0.29) is 34.1 Å². The Labute approximate surface area is 217 Å². The number of benzene rings is 2. The predicted molar refractivity (Wildman–Crippen MR) is 140 cm³/mol. The minimum atomic E-state index is -3.88. The van der Waals surface area contributed by atoms with E-state index in [1.807, 2.05) is 13.8 Å². The topological polar surface area (TPSA) is 96.0 Å². The second-order valence-electron chi connectivity index (χ2n) is 8.58. The van der Waals surface area contributed by atoms with E-state index in [1.54, 1.807) is 38.3 Å². The van der Waals surface area contributed by atoms with Gasteiger partial charge in [-0.1, -0.05) is 49.2 Å². The Bertz CT molecular complexity index is 1120. The quantitative estimate of drug-likeness (QED) is 0.462. The Kier molecular flexibility index (Phi) is 10.2. The van der Waals surface area contributed by atoms with E-state index in [0.717, 1.165) is 16.1 Å². The fraction of sp³-hybridized carbons (Fsp3) is 0.417. The van der Waals surface area contributed by atoms with E-state index in [1.165, 1.54) is 23.1 Å². The standard InChI is InChI=1S/C24H31Cl2N3O5S/c1-16(2)13-27-24(31)17(3)28(14-18-6-8-22(34-4)9-7-18)23(30)15-29(35(5,32)33)21-11-19(25)10-20(26)12-21/h6-12,16-17H,13-15H2,1-5H3,(H,27,31)/t17-/m1/s1. The molecule has 192 valence electrons. The summed E-state index contributed by atoms with van der Waals surface area (Å²) >= 11 is 12.1. The molecule has 0 fully saturated rings. The molecule has 35 heavy (non-hydrogen) atoms. The van der Waals surface area contributed by atoms with Crippen LogP contribution in [-0.4, -0.2) is 57.6 Å². The average molecular weight is 545 g/mol. The maximum Gasteiger partial charge on any atom is 0.244 e. The number of carbonyl (C=O) groups is 2. The van der Waals surface area contributed by atoms with Crippen LogP contribution in [0.25, 0.3) is 0 Å². The van der Waals surface area contributed by atoms with Crippen molar-refractivity contribution in [2.75, 3.05) is 30.8 Å². The molecule has 0 spiro atoms. The maximum absolute atomic E-state index is 13.5. The molecule has 0 aliphatic rings. The number of anilines is 1. The molecule has 0 saturated heterocycles. The molecule has 0 aliphatic heterocycles. The summed E-state index contributed by atoms with van der Waals surface area (Å²) in [6.07, 6.45) is 0.988. The van der Waals surface area contributed by atoms with Crippen molar-refractivity contribution in [3.8, 4) is 5.75 Å². The van der Waals surface area contributed by atoms with E-state index in [0.29, 0.717) is 12.3 Å². The fourth-order valence-corrected chi connectivity index (χ4v) is 4.61. The zero-order valence-corrected chi connectivity index (χ0v) is 22.7. The molecule has 0 unspecified atom stereocenters. The highest BCUT2D eigenvalue weighted by Gasteiger charge is 2.30. The van der Waals surface area contributed by atoms with Gasteiger partial charge in [-0.25, -0.2) is 8.42 Å². The lowest BCUT2D eigenvalue weighted by molar-refractivity contribution is -0.139. The van der Waals surface area contributed by atoms with Crippen LogP contribution < -0.4 is 14.4 Å². The summed E-state index contributed by atoms with van der Waals surface area (Å²) in [6, 6.07) is 10.5. The summed E-state index contributed by atoms with van der Waals surface area (Å²) in [6.45, 7) is 5.54. The second kappa shape index (κ2) is 12.5. The Morgan fingerprint density at radius 2 is 1.60 bits per heavy atom. The molecule has 8 nitrogen and oxygen atoms in total. The van der Waals surface area contributed by atoms with Gasteiger partial charge in [-0.15, -0.1) is 0 Å². The zero-order valence-electron chi connectivity index (χ0n) is 20.4. The van der Waals surface area contributed by atoms with Gasteiger partial charge in [0, 0.05) is 23.1 Å². The van der Waals surface area contributed by atoms with Crippen molar-refractivity contribution in [2.24, 2.45) is 5.92 Å². The number of halogens is 2. The molecule has 2 aromatic carbocycles. The van der Waals surface area contributed by atoms with E-state index in [4.69, 9.17) is 27.9 Å². The van der Waals surface area contributed by atoms with Crippen LogP contribution in [0, 0.1) is 5.92 Å². The van der Waals surface area contributed by atoms with Crippen molar-refractivity contribution in [1.82, 2.24) is 10.2 Å². The lowest BCUT2D eigenvalue weighted by Gasteiger charge is -2.31. The van der Waals surface area contributed by atoms with Gasteiger partial charge in [0.25, 0.3) is 0 Å². The molecule has 0 bridgehead atoms. The molecule has 2 aromatic rings. The molecule has 0 radical (unpaired) electrons. The monoisotopic (exact) mass is 543 g/mol.